The number of hydrogen-bond acceptors (Lipinski definition) is 6. The van der Waals surface area contributed by atoms with Crippen molar-refractivity contribution in [2.75, 3.05) is 23.9 Å². The van der Waals surface area contributed by atoms with E-state index in [1.165, 1.54) is 11.3 Å². The van der Waals surface area contributed by atoms with Crippen LogP contribution in [0.4, 0.5) is 5.00 Å². The maximum absolute atomic E-state index is 12.1. The molecule has 0 spiro atoms. The third-order valence-electron chi connectivity index (χ3n) is 3.05. The van der Waals surface area contributed by atoms with E-state index in [0.29, 0.717) is 10.6 Å². The number of rotatable bonds is 5. The van der Waals surface area contributed by atoms with Crippen LogP contribution in [0.2, 0.25) is 0 Å². The van der Waals surface area contributed by atoms with E-state index in [0.717, 1.165) is 36.0 Å². The third kappa shape index (κ3) is 3.82. The Morgan fingerprint density at radius 3 is 2.67 bits per heavy atom. The fourth-order valence-electron chi connectivity index (χ4n) is 2.31. The largest absolute Gasteiger partial charge is 0.462 e. The summed E-state index contributed by atoms with van der Waals surface area (Å²) in [5, 5.41) is 2.93. The molecule has 1 aliphatic rings. The molecule has 1 aliphatic carbocycles. The Labute approximate surface area is 127 Å². The van der Waals surface area contributed by atoms with Gasteiger partial charge >= 0.3 is 5.97 Å². The highest BCUT2D eigenvalue weighted by Gasteiger charge is 2.28. The fraction of sp³-hybridized carbons (Fsp3) is 0.538. The second kappa shape index (κ2) is 6.15. The van der Waals surface area contributed by atoms with E-state index in [1.807, 2.05) is 0 Å². The topological polar surface area (TPSA) is 89.5 Å². The van der Waals surface area contributed by atoms with Gasteiger partial charge in [-0.15, -0.1) is 11.3 Å². The Hall–Kier alpha value is -1.41. The molecule has 1 aromatic rings. The minimum atomic E-state index is -3.41. The number of hydrogen-bond donors (Lipinski definition) is 1. The monoisotopic (exact) mass is 331 g/mol. The molecule has 0 saturated heterocycles. The van der Waals surface area contributed by atoms with Gasteiger partial charge in [-0.25, -0.2) is 13.2 Å². The number of amides is 1. The van der Waals surface area contributed by atoms with Crippen molar-refractivity contribution in [2.24, 2.45) is 0 Å². The van der Waals surface area contributed by atoms with Gasteiger partial charge in [-0.3, -0.25) is 4.79 Å². The minimum absolute atomic E-state index is 0.250. The van der Waals surface area contributed by atoms with Gasteiger partial charge in [-0.2, -0.15) is 0 Å². The first kappa shape index (κ1) is 16.0. The number of anilines is 1. The summed E-state index contributed by atoms with van der Waals surface area (Å²) >= 11 is 1.33. The number of sulfone groups is 1. The first-order valence-electron chi connectivity index (χ1n) is 6.61. The van der Waals surface area contributed by atoms with Crippen molar-refractivity contribution >= 4 is 38.1 Å². The van der Waals surface area contributed by atoms with Crippen molar-refractivity contribution in [3.8, 4) is 0 Å². The molecular weight excluding hydrogens is 314 g/mol. The van der Waals surface area contributed by atoms with Crippen molar-refractivity contribution < 1.29 is 22.7 Å². The Kier molecular flexibility index (Phi) is 4.67. The van der Waals surface area contributed by atoms with Gasteiger partial charge in [0.2, 0.25) is 5.91 Å². The summed E-state index contributed by atoms with van der Waals surface area (Å²) in [6.07, 6.45) is 3.62. The van der Waals surface area contributed by atoms with Crippen LogP contribution in [0.15, 0.2) is 0 Å². The number of esters is 1. The number of thiophene rings is 1. The third-order valence-corrected chi connectivity index (χ3v) is 5.04. The van der Waals surface area contributed by atoms with Crippen LogP contribution in [0, 0.1) is 0 Å². The second-order valence-electron chi connectivity index (χ2n) is 4.90. The van der Waals surface area contributed by atoms with Crippen molar-refractivity contribution in [2.45, 2.75) is 26.2 Å². The summed E-state index contributed by atoms with van der Waals surface area (Å²) in [5.74, 6) is -1.70. The van der Waals surface area contributed by atoms with Crippen molar-refractivity contribution in [1.29, 1.82) is 0 Å². The van der Waals surface area contributed by atoms with Crippen molar-refractivity contribution in [1.82, 2.24) is 0 Å². The van der Waals surface area contributed by atoms with Crippen molar-refractivity contribution in [3.05, 3.63) is 16.0 Å². The molecule has 1 aromatic heterocycles. The molecule has 0 radical (unpaired) electrons. The van der Waals surface area contributed by atoms with Gasteiger partial charge in [0.25, 0.3) is 0 Å². The van der Waals surface area contributed by atoms with Crippen LogP contribution >= 0.6 is 11.3 Å². The maximum Gasteiger partial charge on any atom is 0.341 e. The molecule has 0 atom stereocenters. The molecule has 116 valence electrons. The van der Waals surface area contributed by atoms with Gasteiger partial charge in [0.05, 0.1) is 12.2 Å². The molecule has 0 saturated carbocycles. The van der Waals surface area contributed by atoms with E-state index in [-0.39, 0.29) is 6.61 Å². The maximum atomic E-state index is 12.1. The van der Waals surface area contributed by atoms with Crippen LogP contribution in [0.3, 0.4) is 0 Å². The molecule has 6 nitrogen and oxygen atoms in total. The number of fused-ring (bicyclic) bond motifs is 1. The molecule has 8 heteroatoms. The molecule has 1 heterocycles. The molecular formula is C13H17NO5S2. The van der Waals surface area contributed by atoms with E-state index in [4.69, 9.17) is 4.74 Å². The van der Waals surface area contributed by atoms with E-state index in [1.54, 1.807) is 6.92 Å². The highest BCUT2D eigenvalue weighted by molar-refractivity contribution is 7.91. The summed E-state index contributed by atoms with van der Waals surface area (Å²) in [7, 11) is -3.41. The van der Waals surface area contributed by atoms with Crippen LogP contribution in [0.5, 0.6) is 0 Å². The zero-order valence-electron chi connectivity index (χ0n) is 11.9. The highest BCUT2D eigenvalue weighted by atomic mass is 32.2. The lowest BCUT2D eigenvalue weighted by molar-refractivity contribution is -0.113. The van der Waals surface area contributed by atoms with Gasteiger partial charge in [0.1, 0.15) is 10.8 Å². The SMILES string of the molecule is CCOC(=O)c1c(NC(=O)CS(C)(=O)=O)sc2c1CCC2. The Morgan fingerprint density at radius 2 is 2.05 bits per heavy atom. The average molecular weight is 331 g/mol. The number of carbonyl (C=O) groups excluding carboxylic acids is 2. The van der Waals surface area contributed by atoms with E-state index in [2.05, 4.69) is 5.32 Å². The standard InChI is InChI=1S/C13H17NO5S2/c1-3-19-13(16)11-8-5-4-6-9(8)20-12(11)14-10(15)7-21(2,17)18/h3-7H2,1-2H3,(H,14,15). The average Bonchev–Trinajstić information content (AvgIpc) is 2.85. The van der Waals surface area contributed by atoms with E-state index in [9.17, 15) is 18.0 Å². The predicted octanol–water partition coefficient (Wildman–Crippen LogP) is 1.40. The first-order valence-corrected chi connectivity index (χ1v) is 9.48. The summed E-state index contributed by atoms with van der Waals surface area (Å²) in [6.45, 7) is 1.96. The molecule has 0 unspecified atom stereocenters. The summed E-state index contributed by atoms with van der Waals surface area (Å²) < 4.78 is 27.3. The zero-order valence-corrected chi connectivity index (χ0v) is 13.5. The van der Waals surface area contributed by atoms with Gasteiger partial charge in [-0.1, -0.05) is 0 Å². The summed E-state index contributed by atoms with van der Waals surface area (Å²) in [5.41, 5.74) is 1.31. The molecule has 0 fully saturated rings. The van der Waals surface area contributed by atoms with E-state index < -0.39 is 27.5 Å². The van der Waals surface area contributed by atoms with Crippen LogP contribution < -0.4 is 5.32 Å². The van der Waals surface area contributed by atoms with E-state index >= 15 is 0 Å². The number of carbonyl (C=O) groups is 2. The molecule has 0 bridgehead atoms. The molecule has 0 aliphatic heterocycles. The second-order valence-corrected chi connectivity index (χ2v) is 8.15. The molecule has 0 aromatic carbocycles. The summed E-state index contributed by atoms with van der Waals surface area (Å²) in [4.78, 5) is 24.9. The van der Waals surface area contributed by atoms with Gasteiger partial charge < -0.3 is 10.1 Å². The molecule has 1 amide bonds. The fourth-order valence-corrected chi connectivity index (χ4v) is 4.15. The normalized spacial score (nSPS) is 13.8. The number of aryl methyl sites for hydroxylation is 1. The van der Waals surface area contributed by atoms with Crippen molar-refractivity contribution in [3.63, 3.8) is 0 Å². The lowest BCUT2D eigenvalue weighted by atomic mass is 10.1. The smallest absolute Gasteiger partial charge is 0.341 e. The van der Waals surface area contributed by atoms with Crippen LogP contribution in [0.25, 0.3) is 0 Å². The Balaban J connectivity index is 2.27. The quantitative estimate of drug-likeness (QED) is 0.824. The van der Waals surface area contributed by atoms with Gasteiger partial charge in [0.15, 0.2) is 9.84 Å². The van der Waals surface area contributed by atoms with Crippen LogP contribution in [-0.4, -0.2) is 38.9 Å². The first-order chi connectivity index (χ1) is 9.81. The van der Waals surface area contributed by atoms with Crippen LogP contribution in [0.1, 0.15) is 34.1 Å². The van der Waals surface area contributed by atoms with Crippen LogP contribution in [-0.2, 0) is 32.2 Å². The molecule has 21 heavy (non-hydrogen) atoms. The Bertz CT molecular complexity index is 675. The zero-order chi connectivity index (χ0) is 15.6. The Morgan fingerprint density at radius 1 is 1.33 bits per heavy atom. The minimum Gasteiger partial charge on any atom is -0.462 e. The molecule has 1 N–H and O–H groups in total. The predicted molar refractivity (Wildman–Crippen MR) is 80.6 cm³/mol. The highest BCUT2D eigenvalue weighted by Crippen LogP contribution is 2.39. The lowest BCUT2D eigenvalue weighted by Gasteiger charge is -2.07. The molecule has 2 rings (SSSR count). The number of ether oxygens (including phenoxy) is 1. The summed E-state index contributed by atoms with van der Waals surface area (Å²) in [6, 6.07) is 0. The van der Waals surface area contributed by atoms with Gasteiger partial charge in [-0.05, 0) is 31.7 Å². The van der Waals surface area contributed by atoms with Gasteiger partial charge in [0, 0.05) is 11.1 Å². The lowest BCUT2D eigenvalue weighted by Crippen LogP contribution is -2.22. The number of nitrogens with one attached hydrogen (secondary N) is 1.